The number of unbranched alkanes of at least 4 members (excludes halogenated alkanes) is 22. The summed E-state index contributed by atoms with van der Waals surface area (Å²) in [4.78, 5) is 30.6. The van der Waals surface area contributed by atoms with E-state index in [0.717, 1.165) is 130 Å². The second kappa shape index (κ2) is 53.6. The van der Waals surface area contributed by atoms with Gasteiger partial charge in [-0.25, -0.2) is 0 Å². The van der Waals surface area contributed by atoms with E-state index < -0.39 is 93.9 Å². The number of aliphatic hydroxyl groups is 1. The minimum absolute atomic E-state index is 0.0399. The molecule has 3 saturated heterocycles. The fourth-order valence-electron chi connectivity index (χ4n) is 17.1. The molecule has 16 nitrogen and oxygen atoms in total. The molecule has 2 unspecified atom stereocenters. The fourth-order valence-corrected chi connectivity index (χ4v) is 21.7. The van der Waals surface area contributed by atoms with E-state index in [4.69, 9.17) is 61.3 Å². The third-order valence-electron chi connectivity index (χ3n) is 23.7. The Kier molecular flexibility index (Phi) is 41.7. The lowest BCUT2D eigenvalue weighted by molar-refractivity contribution is -0.338. The standard InChI is InChI=1S/C104H138O16Si/c1-104(2,3)121(90-66-46-30-47-67-90,91-68-48-31-49-69-91)116-71-51-23-19-15-11-7-5-9-13-17-21-45-65-89-73-95(107)109-81-92-96(110-74-82-52-32-24-33-53-82)98(112-76-84-56-36-26-37-57-84)100(114-78-86-60-40-28-41-61-86)102(119-92)117-88(64-44-20-16-12-8-4-6-10-14-18-22-50-70-105)72-94(106)108-80-93-97(111-75-83-54-34-25-35-55-83)99(113-77-85-58-38-27-39-59-85)101(103(118-89)120-93)115-79-87-62-42-29-43-63-87/h24-43,46-49,52-63,66-69,88-89,92-93,96-103,105H,4-23,44-45,50-51,64-65,70-81H2,1-3H3/t88?,89?,92-,93-,96-,97-,98+,99+,100-,101-,102-,103-/m1/s1. The van der Waals surface area contributed by atoms with Gasteiger partial charge >= 0.3 is 11.9 Å². The third kappa shape index (κ3) is 31.9. The van der Waals surface area contributed by atoms with Crippen LogP contribution in [0.3, 0.4) is 0 Å². The van der Waals surface area contributed by atoms with Gasteiger partial charge in [-0.1, -0.05) is 405 Å². The molecule has 0 aliphatic carbocycles. The van der Waals surface area contributed by atoms with Gasteiger partial charge in [0, 0.05) is 13.2 Å². The van der Waals surface area contributed by atoms with Crippen LogP contribution in [0.25, 0.3) is 0 Å². The SMILES string of the molecule is CC(C)(C)[Si](OCCCCCCCCCCCCCCC1CC(=O)OC[C@H]2O[C@@H](OC(CCCCCCCCCCCCCCO)CC(=O)OC[C@H]3O[C@@H](O1)[C@H](OCc1ccccc1)[C@@H](OCc1ccccc1)[C@@H]3OCc1ccccc1)[C@H](OCc1ccccc1)[C@@H](OCc1ccccc1)[C@@H]2OCc1ccccc1)(c1ccccc1)c1ccccc1. The van der Waals surface area contributed by atoms with Crippen molar-refractivity contribution in [3.05, 3.63) is 276 Å². The van der Waals surface area contributed by atoms with Crippen LogP contribution in [0.15, 0.2) is 243 Å². The van der Waals surface area contributed by atoms with Crippen LogP contribution in [-0.2, 0) is 110 Å². The van der Waals surface area contributed by atoms with Gasteiger partial charge in [-0.2, -0.15) is 0 Å². The summed E-state index contributed by atoms with van der Waals surface area (Å²) in [6, 6.07) is 81.8. The summed E-state index contributed by atoms with van der Waals surface area (Å²) in [5.41, 5.74) is 5.58. The van der Waals surface area contributed by atoms with Crippen molar-refractivity contribution in [2.75, 3.05) is 26.4 Å². The van der Waals surface area contributed by atoms with E-state index in [1.807, 2.05) is 182 Å². The second-order valence-electron chi connectivity index (χ2n) is 34.2. The topological polar surface area (TPSA) is 174 Å². The van der Waals surface area contributed by atoms with Gasteiger partial charge in [-0.05, 0) is 74.5 Å². The number of cyclic esters (lactones) is 2. The Balaban J connectivity index is 0.838. The van der Waals surface area contributed by atoms with Crippen LogP contribution in [0.2, 0.25) is 5.04 Å². The molecule has 121 heavy (non-hydrogen) atoms. The highest BCUT2D eigenvalue weighted by Gasteiger charge is 2.54. The Hall–Kier alpha value is -7.56. The zero-order chi connectivity index (χ0) is 84.0. The van der Waals surface area contributed by atoms with Gasteiger partial charge in [0.1, 0.15) is 62.0 Å². The van der Waals surface area contributed by atoms with Gasteiger partial charge in [0.25, 0.3) is 8.32 Å². The number of esters is 2. The number of carbonyl (C=O) groups excluding carboxylic acids is 2. The summed E-state index contributed by atoms with van der Waals surface area (Å²) in [6.45, 7) is 8.69. The number of rotatable bonds is 50. The zero-order valence-corrected chi connectivity index (χ0v) is 73.5. The van der Waals surface area contributed by atoms with E-state index in [9.17, 15) is 5.11 Å². The summed E-state index contributed by atoms with van der Waals surface area (Å²) < 4.78 is 92.4. The number of aliphatic hydroxyl groups excluding tert-OH is 1. The molecule has 1 N–H and O–H groups in total. The maximum atomic E-state index is 15.3. The van der Waals surface area contributed by atoms with E-state index in [2.05, 4.69) is 81.4 Å². The Labute approximate surface area is 723 Å². The lowest BCUT2D eigenvalue weighted by atomic mass is 9.97. The molecule has 8 aromatic carbocycles. The minimum Gasteiger partial charge on any atom is -0.463 e. The summed E-state index contributed by atoms with van der Waals surface area (Å²) in [6.07, 6.45) is 15.8. The van der Waals surface area contributed by atoms with E-state index >= 15 is 9.59 Å². The molecule has 0 aromatic heterocycles. The average molecular weight is 1670 g/mol. The van der Waals surface area contributed by atoms with Gasteiger partial charge in [0.15, 0.2) is 12.6 Å². The molecule has 11 rings (SSSR count). The monoisotopic (exact) mass is 1670 g/mol. The number of ether oxygens (including phenoxy) is 12. The molecular formula is C104H138O16Si. The Morgan fingerprint density at radius 2 is 0.554 bits per heavy atom. The summed E-state index contributed by atoms with van der Waals surface area (Å²) in [5, 5.41) is 11.9. The van der Waals surface area contributed by atoms with Crippen molar-refractivity contribution in [2.45, 2.75) is 319 Å². The Morgan fingerprint density at radius 3 is 0.835 bits per heavy atom. The number of carbonyl (C=O) groups is 2. The highest BCUT2D eigenvalue weighted by Crippen LogP contribution is 2.39. The van der Waals surface area contributed by atoms with E-state index in [-0.39, 0.29) is 77.3 Å². The Morgan fingerprint density at radius 1 is 0.306 bits per heavy atom. The molecule has 3 aliphatic heterocycles. The smallest absolute Gasteiger partial charge is 0.308 e. The lowest BCUT2D eigenvalue weighted by Gasteiger charge is -2.47. The predicted octanol–water partition coefficient (Wildman–Crippen LogP) is 21.3. The van der Waals surface area contributed by atoms with E-state index in [1.165, 1.54) is 74.6 Å². The van der Waals surface area contributed by atoms with Gasteiger partial charge in [0.05, 0.1) is 64.7 Å². The molecule has 3 heterocycles. The molecular weight excluding hydrogens is 1530 g/mol. The molecule has 0 saturated carbocycles. The van der Waals surface area contributed by atoms with Crippen LogP contribution in [0.4, 0.5) is 0 Å². The van der Waals surface area contributed by atoms with Gasteiger partial charge in [-0.15, -0.1) is 0 Å². The molecule has 3 aliphatic rings. The maximum Gasteiger partial charge on any atom is 0.308 e. The van der Waals surface area contributed by atoms with Crippen molar-refractivity contribution in [1.29, 1.82) is 0 Å². The third-order valence-corrected chi connectivity index (χ3v) is 28.8. The first-order valence-electron chi connectivity index (χ1n) is 45.7. The van der Waals surface area contributed by atoms with Gasteiger partial charge in [-0.3, -0.25) is 9.59 Å². The molecule has 0 amide bonds. The van der Waals surface area contributed by atoms with E-state index in [0.29, 0.717) is 12.8 Å². The normalized spacial score (nSPS) is 22.0. The predicted molar refractivity (Wildman–Crippen MR) is 479 cm³/mol. The van der Waals surface area contributed by atoms with Crippen LogP contribution in [0, 0.1) is 0 Å². The molecule has 654 valence electrons. The number of fused-ring (bicyclic) bond motifs is 4. The number of hydrogen-bond acceptors (Lipinski definition) is 16. The van der Waals surface area contributed by atoms with Crippen LogP contribution >= 0.6 is 0 Å². The average Bonchev–Trinajstić information content (AvgIpc) is 0.746. The van der Waals surface area contributed by atoms with Crippen molar-refractivity contribution in [3.8, 4) is 0 Å². The van der Waals surface area contributed by atoms with Crippen molar-refractivity contribution in [1.82, 2.24) is 0 Å². The number of hydrogen-bond donors (Lipinski definition) is 1. The van der Waals surface area contributed by atoms with Crippen molar-refractivity contribution < 1.29 is 76.0 Å². The van der Waals surface area contributed by atoms with Crippen molar-refractivity contribution in [3.63, 3.8) is 0 Å². The highest BCUT2D eigenvalue weighted by molar-refractivity contribution is 6.99. The van der Waals surface area contributed by atoms with Crippen LogP contribution in [-0.4, -0.2) is 125 Å². The minimum atomic E-state index is -2.55. The summed E-state index contributed by atoms with van der Waals surface area (Å²) in [7, 11) is -2.55. The molecule has 4 bridgehead atoms. The van der Waals surface area contributed by atoms with Crippen LogP contribution in [0.1, 0.15) is 234 Å². The maximum absolute atomic E-state index is 15.3. The summed E-state index contributed by atoms with van der Waals surface area (Å²) >= 11 is 0. The molecule has 0 spiro atoms. The fraction of sp³-hybridized carbons (Fsp3) is 0.519. The van der Waals surface area contributed by atoms with Crippen molar-refractivity contribution >= 4 is 30.6 Å². The molecule has 17 heteroatoms. The first kappa shape index (κ1) is 94.1. The quantitative estimate of drug-likeness (QED) is 0.0216. The highest BCUT2D eigenvalue weighted by atomic mass is 28.4. The first-order chi connectivity index (χ1) is 59.5. The largest absolute Gasteiger partial charge is 0.463 e. The second-order valence-corrected chi connectivity index (χ2v) is 38.5. The Bertz CT molecular complexity index is 3820. The van der Waals surface area contributed by atoms with Gasteiger partial charge in [0.2, 0.25) is 0 Å². The molecule has 3 fully saturated rings. The zero-order valence-electron chi connectivity index (χ0n) is 72.5. The van der Waals surface area contributed by atoms with E-state index in [1.54, 1.807) is 0 Å². The van der Waals surface area contributed by atoms with Gasteiger partial charge < -0.3 is 66.4 Å². The molecule has 8 aromatic rings. The van der Waals surface area contributed by atoms with Crippen LogP contribution in [0.5, 0.6) is 0 Å². The molecule has 12 atom stereocenters. The molecule has 0 radical (unpaired) electrons. The lowest BCUT2D eigenvalue weighted by Crippen LogP contribution is -2.66. The number of benzene rings is 8. The van der Waals surface area contributed by atoms with Crippen molar-refractivity contribution in [2.24, 2.45) is 0 Å². The summed E-state index contributed by atoms with van der Waals surface area (Å²) in [5.74, 6) is -1.00. The first-order valence-corrected chi connectivity index (χ1v) is 47.6. The van der Waals surface area contributed by atoms with Crippen LogP contribution < -0.4 is 10.4 Å².